The van der Waals surface area contributed by atoms with Gasteiger partial charge in [0.05, 0.1) is 0 Å². The number of amides is 1. The van der Waals surface area contributed by atoms with Crippen molar-refractivity contribution >= 4 is 5.91 Å². The molecule has 0 spiro atoms. The molecular formula is C12H19NO2. The van der Waals surface area contributed by atoms with Crippen LogP contribution in [-0.4, -0.2) is 23.7 Å². The largest absolute Gasteiger partial charge is 0.396 e. The molecule has 15 heavy (non-hydrogen) atoms. The van der Waals surface area contributed by atoms with E-state index < -0.39 is 0 Å². The molecule has 0 saturated heterocycles. The molecule has 0 aromatic rings. The van der Waals surface area contributed by atoms with E-state index >= 15 is 0 Å². The van der Waals surface area contributed by atoms with Gasteiger partial charge in [-0.25, -0.2) is 0 Å². The highest BCUT2D eigenvalue weighted by Crippen LogP contribution is 2.48. The summed E-state index contributed by atoms with van der Waals surface area (Å²) in [6, 6.07) is 0.321. The molecule has 3 heteroatoms. The zero-order valence-electron chi connectivity index (χ0n) is 9.20. The summed E-state index contributed by atoms with van der Waals surface area (Å²) in [5.74, 6) is 1.66. The van der Waals surface area contributed by atoms with Gasteiger partial charge in [0.1, 0.15) is 0 Å². The first kappa shape index (κ1) is 10.7. The van der Waals surface area contributed by atoms with Gasteiger partial charge in [0.2, 0.25) is 5.91 Å². The fraction of sp³-hybridized carbons (Fsp3) is 0.750. The van der Waals surface area contributed by atoms with Gasteiger partial charge < -0.3 is 10.4 Å². The zero-order chi connectivity index (χ0) is 11.0. The smallest absolute Gasteiger partial charge is 0.246 e. The van der Waals surface area contributed by atoms with Crippen LogP contribution in [0.25, 0.3) is 0 Å². The molecule has 1 amide bonds. The molecule has 4 atom stereocenters. The lowest BCUT2D eigenvalue weighted by Gasteiger charge is -2.27. The van der Waals surface area contributed by atoms with Gasteiger partial charge in [-0.15, -0.1) is 0 Å². The van der Waals surface area contributed by atoms with Crippen molar-refractivity contribution in [2.24, 2.45) is 17.8 Å². The SMILES string of the molecule is C=C(C)C(=O)NC1CC2CC1CC2CO. The molecular weight excluding hydrogens is 190 g/mol. The average molecular weight is 209 g/mol. The molecule has 0 radical (unpaired) electrons. The van der Waals surface area contributed by atoms with Crippen LogP contribution in [0, 0.1) is 17.8 Å². The van der Waals surface area contributed by atoms with E-state index in [2.05, 4.69) is 11.9 Å². The maximum atomic E-state index is 11.5. The Labute approximate surface area is 90.6 Å². The van der Waals surface area contributed by atoms with Crippen LogP contribution in [0.1, 0.15) is 26.2 Å². The monoisotopic (exact) mass is 209 g/mol. The van der Waals surface area contributed by atoms with Crippen LogP contribution in [0.2, 0.25) is 0 Å². The van der Waals surface area contributed by atoms with Crippen molar-refractivity contribution in [3.63, 3.8) is 0 Å². The van der Waals surface area contributed by atoms with Crippen LogP contribution >= 0.6 is 0 Å². The fourth-order valence-corrected chi connectivity index (χ4v) is 3.09. The Hall–Kier alpha value is -0.830. The Morgan fingerprint density at radius 2 is 2.13 bits per heavy atom. The minimum atomic E-state index is -0.0203. The zero-order valence-corrected chi connectivity index (χ0v) is 9.20. The summed E-state index contributed by atoms with van der Waals surface area (Å²) in [5.41, 5.74) is 0.580. The average Bonchev–Trinajstić information content (AvgIpc) is 2.75. The van der Waals surface area contributed by atoms with Gasteiger partial charge in [-0.2, -0.15) is 0 Å². The normalized spacial score (nSPS) is 38.0. The van der Waals surface area contributed by atoms with E-state index in [0.717, 1.165) is 12.8 Å². The number of fused-ring (bicyclic) bond motifs is 2. The first-order chi connectivity index (χ1) is 7.11. The van der Waals surface area contributed by atoms with E-state index in [9.17, 15) is 4.79 Å². The summed E-state index contributed by atoms with van der Waals surface area (Å²) in [4.78, 5) is 11.5. The summed E-state index contributed by atoms with van der Waals surface area (Å²) >= 11 is 0. The molecule has 2 bridgehead atoms. The highest BCUT2D eigenvalue weighted by molar-refractivity contribution is 5.92. The molecule has 0 heterocycles. The second kappa shape index (κ2) is 3.97. The Bertz CT molecular complexity index is 287. The predicted octanol–water partition coefficient (Wildman–Crippen LogP) is 1.09. The van der Waals surface area contributed by atoms with Crippen LogP contribution in [0.4, 0.5) is 0 Å². The van der Waals surface area contributed by atoms with E-state index in [1.54, 1.807) is 6.92 Å². The lowest BCUT2D eigenvalue weighted by Crippen LogP contribution is -2.40. The Morgan fingerprint density at radius 3 is 2.60 bits per heavy atom. The van der Waals surface area contributed by atoms with E-state index in [0.29, 0.717) is 36.0 Å². The van der Waals surface area contributed by atoms with Gasteiger partial charge in [0, 0.05) is 18.2 Å². The van der Waals surface area contributed by atoms with Crippen LogP contribution in [0.15, 0.2) is 12.2 Å². The number of hydrogen-bond acceptors (Lipinski definition) is 2. The first-order valence-electron chi connectivity index (χ1n) is 5.69. The topological polar surface area (TPSA) is 49.3 Å². The lowest BCUT2D eigenvalue weighted by molar-refractivity contribution is -0.118. The molecule has 2 rings (SSSR count). The summed E-state index contributed by atoms with van der Waals surface area (Å²) in [6.07, 6.45) is 3.28. The highest BCUT2D eigenvalue weighted by atomic mass is 16.3. The fourth-order valence-electron chi connectivity index (χ4n) is 3.09. The third kappa shape index (κ3) is 1.93. The summed E-state index contributed by atoms with van der Waals surface area (Å²) in [6.45, 7) is 5.68. The van der Waals surface area contributed by atoms with E-state index in [1.165, 1.54) is 6.42 Å². The number of aliphatic hydroxyl groups excluding tert-OH is 1. The standard InChI is InChI=1S/C12H19NO2/c1-7(2)12(15)13-11-5-8-3-9(11)4-10(8)6-14/h8-11,14H,1,3-6H2,2H3,(H,13,15). The molecule has 2 N–H and O–H groups in total. The molecule has 2 saturated carbocycles. The second-order valence-corrected chi connectivity index (χ2v) is 5.03. The summed E-state index contributed by atoms with van der Waals surface area (Å²) < 4.78 is 0. The van der Waals surface area contributed by atoms with Gasteiger partial charge in [-0.3, -0.25) is 4.79 Å². The van der Waals surface area contributed by atoms with Crippen molar-refractivity contribution in [2.75, 3.05) is 6.61 Å². The van der Waals surface area contributed by atoms with E-state index in [1.807, 2.05) is 0 Å². The maximum Gasteiger partial charge on any atom is 0.246 e. The Balaban J connectivity index is 1.89. The molecule has 0 aromatic heterocycles. The minimum Gasteiger partial charge on any atom is -0.396 e. The molecule has 84 valence electrons. The highest BCUT2D eigenvalue weighted by Gasteiger charge is 2.45. The van der Waals surface area contributed by atoms with Crippen molar-refractivity contribution in [2.45, 2.75) is 32.2 Å². The third-order valence-corrected chi connectivity index (χ3v) is 3.94. The van der Waals surface area contributed by atoms with Crippen LogP contribution in [-0.2, 0) is 4.79 Å². The molecule has 0 aromatic carbocycles. The number of hydrogen-bond donors (Lipinski definition) is 2. The molecule has 2 aliphatic rings. The molecule has 0 aliphatic heterocycles. The van der Waals surface area contributed by atoms with Crippen molar-refractivity contribution in [1.29, 1.82) is 0 Å². The Morgan fingerprint density at radius 1 is 1.40 bits per heavy atom. The third-order valence-electron chi connectivity index (χ3n) is 3.94. The Kier molecular flexibility index (Phi) is 2.83. The second-order valence-electron chi connectivity index (χ2n) is 5.03. The number of carbonyl (C=O) groups is 1. The maximum absolute atomic E-state index is 11.5. The van der Waals surface area contributed by atoms with Crippen molar-refractivity contribution in [3.05, 3.63) is 12.2 Å². The summed E-state index contributed by atoms with van der Waals surface area (Å²) in [5, 5.41) is 12.2. The quantitative estimate of drug-likeness (QED) is 0.683. The predicted molar refractivity (Wildman–Crippen MR) is 58.2 cm³/mol. The lowest BCUT2D eigenvalue weighted by atomic mass is 9.86. The number of nitrogens with one attached hydrogen (secondary N) is 1. The van der Waals surface area contributed by atoms with Crippen LogP contribution in [0.5, 0.6) is 0 Å². The van der Waals surface area contributed by atoms with Crippen molar-refractivity contribution in [1.82, 2.24) is 5.32 Å². The number of rotatable bonds is 3. The molecule has 4 unspecified atom stereocenters. The molecule has 2 aliphatic carbocycles. The van der Waals surface area contributed by atoms with Crippen LogP contribution in [0.3, 0.4) is 0 Å². The van der Waals surface area contributed by atoms with Crippen LogP contribution < -0.4 is 5.32 Å². The first-order valence-corrected chi connectivity index (χ1v) is 5.69. The van der Waals surface area contributed by atoms with Gasteiger partial charge >= 0.3 is 0 Å². The van der Waals surface area contributed by atoms with Crippen molar-refractivity contribution in [3.8, 4) is 0 Å². The number of carbonyl (C=O) groups excluding carboxylic acids is 1. The summed E-state index contributed by atoms with van der Waals surface area (Å²) in [7, 11) is 0. The van der Waals surface area contributed by atoms with Gasteiger partial charge in [0.25, 0.3) is 0 Å². The van der Waals surface area contributed by atoms with Crippen molar-refractivity contribution < 1.29 is 9.90 Å². The van der Waals surface area contributed by atoms with Gasteiger partial charge in [-0.05, 0) is 43.9 Å². The van der Waals surface area contributed by atoms with E-state index in [-0.39, 0.29) is 5.91 Å². The molecule has 3 nitrogen and oxygen atoms in total. The molecule has 2 fully saturated rings. The van der Waals surface area contributed by atoms with Gasteiger partial charge in [-0.1, -0.05) is 6.58 Å². The van der Waals surface area contributed by atoms with E-state index in [4.69, 9.17) is 5.11 Å². The number of aliphatic hydroxyl groups is 1. The van der Waals surface area contributed by atoms with Gasteiger partial charge in [0.15, 0.2) is 0 Å². The minimum absolute atomic E-state index is 0.0203.